The standard InChI is InChI=1S/C26H30F3N3O5/c1-2-36-23(33)16-37-19-11-9-17(10-12-19)15-31-24(34)22-8-5-13-32(22)25(35)21(30)14-18-6-3-4-7-20(18)26(27,28)29/h3-4,6-7,9-12,21-22H,2,5,8,13-16,30H2,1H3,(H,31,34)/t21-,22-/m0/s1. The van der Waals surface area contributed by atoms with Crippen molar-refractivity contribution >= 4 is 17.8 Å². The van der Waals surface area contributed by atoms with E-state index >= 15 is 0 Å². The third-order valence-electron chi connectivity index (χ3n) is 5.97. The van der Waals surface area contributed by atoms with Crippen molar-refractivity contribution in [2.24, 2.45) is 5.73 Å². The minimum Gasteiger partial charge on any atom is -0.482 e. The van der Waals surface area contributed by atoms with Gasteiger partial charge in [-0.3, -0.25) is 9.59 Å². The normalized spacial score (nSPS) is 16.2. The fourth-order valence-electron chi connectivity index (χ4n) is 4.17. The first-order valence-electron chi connectivity index (χ1n) is 12.0. The molecule has 0 unspecified atom stereocenters. The van der Waals surface area contributed by atoms with Gasteiger partial charge in [-0.1, -0.05) is 30.3 Å². The molecular weight excluding hydrogens is 491 g/mol. The number of carbonyl (C=O) groups is 3. The molecule has 2 aromatic rings. The fourth-order valence-corrected chi connectivity index (χ4v) is 4.17. The van der Waals surface area contributed by atoms with E-state index in [0.29, 0.717) is 25.1 Å². The average Bonchev–Trinajstić information content (AvgIpc) is 3.36. The van der Waals surface area contributed by atoms with Crippen molar-refractivity contribution < 1.29 is 37.0 Å². The Balaban J connectivity index is 1.54. The van der Waals surface area contributed by atoms with E-state index in [1.54, 1.807) is 31.2 Å². The molecule has 1 saturated heterocycles. The van der Waals surface area contributed by atoms with E-state index in [4.69, 9.17) is 15.2 Å². The van der Waals surface area contributed by atoms with Crippen LogP contribution in [0.25, 0.3) is 0 Å². The van der Waals surface area contributed by atoms with Crippen molar-refractivity contribution in [2.45, 2.75) is 51.0 Å². The minimum atomic E-state index is -4.55. The van der Waals surface area contributed by atoms with Gasteiger partial charge >= 0.3 is 12.1 Å². The summed E-state index contributed by atoms with van der Waals surface area (Å²) >= 11 is 0. The van der Waals surface area contributed by atoms with E-state index < -0.39 is 35.7 Å². The molecule has 37 heavy (non-hydrogen) atoms. The number of rotatable bonds is 10. The van der Waals surface area contributed by atoms with Gasteiger partial charge in [0.15, 0.2) is 6.61 Å². The summed E-state index contributed by atoms with van der Waals surface area (Å²) in [6.07, 6.45) is -3.82. The first-order chi connectivity index (χ1) is 17.6. The van der Waals surface area contributed by atoms with Gasteiger partial charge in [-0.25, -0.2) is 4.79 Å². The van der Waals surface area contributed by atoms with E-state index in [0.717, 1.165) is 11.6 Å². The van der Waals surface area contributed by atoms with Crippen molar-refractivity contribution in [3.63, 3.8) is 0 Å². The van der Waals surface area contributed by atoms with Gasteiger partial charge in [-0.05, 0) is 55.5 Å². The maximum atomic E-state index is 13.3. The predicted molar refractivity (Wildman–Crippen MR) is 128 cm³/mol. The Labute approximate surface area is 212 Å². The van der Waals surface area contributed by atoms with Gasteiger partial charge in [0.25, 0.3) is 0 Å². The number of halogens is 3. The average molecular weight is 522 g/mol. The number of amides is 2. The Hall–Kier alpha value is -3.60. The summed E-state index contributed by atoms with van der Waals surface area (Å²) in [4.78, 5) is 38.5. The molecule has 8 nitrogen and oxygen atoms in total. The van der Waals surface area contributed by atoms with Crippen molar-refractivity contribution in [3.05, 3.63) is 65.2 Å². The minimum absolute atomic E-state index is 0.0641. The van der Waals surface area contributed by atoms with Gasteiger partial charge in [-0.2, -0.15) is 13.2 Å². The lowest BCUT2D eigenvalue weighted by molar-refractivity contribution is -0.145. The van der Waals surface area contributed by atoms with Gasteiger partial charge in [-0.15, -0.1) is 0 Å². The number of carbonyl (C=O) groups excluding carboxylic acids is 3. The van der Waals surface area contributed by atoms with Crippen LogP contribution in [0.5, 0.6) is 5.75 Å². The molecule has 1 heterocycles. The number of alkyl halides is 3. The van der Waals surface area contributed by atoms with Crippen LogP contribution in [0.1, 0.15) is 36.5 Å². The smallest absolute Gasteiger partial charge is 0.416 e. The molecule has 0 radical (unpaired) electrons. The maximum Gasteiger partial charge on any atom is 0.416 e. The van der Waals surface area contributed by atoms with Crippen LogP contribution < -0.4 is 15.8 Å². The first-order valence-corrected chi connectivity index (χ1v) is 12.0. The lowest BCUT2D eigenvalue weighted by Crippen LogP contribution is -2.51. The largest absolute Gasteiger partial charge is 0.482 e. The Kier molecular flexibility index (Phi) is 9.51. The first kappa shape index (κ1) is 28.0. The molecule has 3 rings (SSSR count). The van der Waals surface area contributed by atoms with E-state index in [9.17, 15) is 27.6 Å². The van der Waals surface area contributed by atoms with Crippen molar-refractivity contribution in [1.82, 2.24) is 10.2 Å². The highest BCUT2D eigenvalue weighted by molar-refractivity contribution is 5.90. The Morgan fingerprint density at radius 1 is 1.14 bits per heavy atom. The molecule has 1 fully saturated rings. The van der Waals surface area contributed by atoms with Crippen LogP contribution in [0.3, 0.4) is 0 Å². The second-order valence-corrected chi connectivity index (χ2v) is 8.61. The van der Waals surface area contributed by atoms with Gasteiger partial charge in [0.1, 0.15) is 11.8 Å². The zero-order valence-corrected chi connectivity index (χ0v) is 20.4. The highest BCUT2D eigenvalue weighted by Gasteiger charge is 2.38. The summed E-state index contributed by atoms with van der Waals surface area (Å²) in [5, 5.41) is 2.79. The molecule has 0 saturated carbocycles. The molecule has 2 aromatic carbocycles. The number of nitrogens with zero attached hydrogens (tertiary/aromatic N) is 1. The number of hydrogen-bond donors (Lipinski definition) is 2. The van der Waals surface area contributed by atoms with Gasteiger partial charge in [0.05, 0.1) is 18.2 Å². The summed E-state index contributed by atoms with van der Waals surface area (Å²) in [6, 6.07) is 9.82. The molecule has 11 heteroatoms. The van der Waals surface area contributed by atoms with Crippen LogP contribution in [0.15, 0.2) is 48.5 Å². The van der Waals surface area contributed by atoms with Crippen LogP contribution in [0, 0.1) is 0 Å². The highest BCUT2D eigenvalue weighted by atomic mass is 19.4. The molecule has 200 valence electrons. The molecule has 0 spiro atoms. The molecule has 0 aliphatic carbocycles. The summed E-state index contributed by atoms with van der Waals surface area (Å²) in [6.45, 7) is 2.26. The third-order valence-corrected chi connectivity index (χ3v) is 5.97. The topological polar surface area (TPSA) is 111 Å². The van der Waals surface area contributed by atoms with Crippen LogP contribution in [-0.2, 0) is 38.3 Å². The highest BCUT2D eigenvalue weighted by Crippen LogP contribution is 2.32. The molecule has 0 bridgehead atoms. The Morgan fingerprint density at radius 3 is 2.51 bits per heavy atom. The number of esters is 1. The number of likely N-dealkylation sites (tertiary alicyclic amines) is 1. The molecule has 3 N–H and O–H groups in total. The fraction of sp³-hybridized carbons (Fsp3) is 0.423. The quantitative estimate of drug-likeness (QED) is 0.466. The van der Waals surface area contributed by atoms with Gasteiger partial charge < -0.3 is 25.4 Å². The van der Waals surface area contributed by atoms with Crippen LogP contribution in [0.2, 0.25) is 0 Å². The van der Waals surface area contributed by atoms with E-state index in [2.05, 4.69) is 5.32 Å². The summed E-state index contributed by atoms with van der Waals surface area (Å²) in [5.74, 6) is -0.926. The second-order valence-electron chi connectivity index (χ2n) is 8.61. The van der Waals surface area contributed by atoms with E-state index in [1.165, 1.54) is 23.1 Å². The van der Waals surface area contributed by atoms with E-state index in [1.807, 2.05) is 0 Å². The van der Waals surface area contributed by atoms with Crippen LogP contribution in [0.4, 0.5) is 13.2 Å². The molecule has 1 aliphatic rings. The molecule has 2 amide bonds. The van der Waals surface area contributed by atoms with Gasteiger partial charge in [0.2, 0.25) is 11.8 Å². The van der Waals surface area contributed by atoms with Crippen molar-refractivity contribution in [1.29, 1.82) is 0 Å². The van der Waals surface area contributed by atoms with Crippen LogP contribution >= 0.6 is 0 Å². The zero-order chi connectivity index (χ0) is 27.0. The third kappa shape index (κ3) is 7.69. The molecule has 1 aliphatic heterocycles. The number of nitrogens with two attached hydrogens (primary N) is 1. The molecule has 2 atom stereocenters. The van der Waals surface area contributed by atoms with Crippen molar-refractivity contribution in [2.75, 3.05) is 19.8 Å². The lowest BCUT2D eigenvalue weighted by Gasteiger charge is -2.27. The SMILES string of the molecule is CCOC(=O)COc1ccc(CNC(=O)[C@@H]2CCCN2C(=O)[C@@H](N)Cc2ccccc2C(F)(F)F)cc1. The zero-order valence-electron chi connectivity index (χ0n) is 20.4. The lowest BCUT2D eigenvalue weighted by atomic mass is 9.99. The number of nitrogens with one attached hydrogen (secondary N) is 1. The summed E-state index contributed by atoms with van der Waals surface area (Å²) < 4.78 is 50.0. The van der Waals surface area contributed by atoms with Crippen LogP contribution in [-0.4, -0.2) is 54.5 Å². The summed E-state index contributed by atoms with van der Waals surface area (Å²) in [7, 11) is 0. The predicted octanol–water partition coefficient (Wildman–Crippen LogP) is 2.82. The maximum absolute atomic E-state index is 13.3. The second kappa shape index (κ2) is 12.6. The molecule has 0 aromatic heterocycles. The van der Waals surface area contributed by atoms with Gasteiger partial charge in [0, 0.05) is 13.1 Å². The number of benzene rings is 2. The molecular formula is C26H30F3N3O5. The van der Waals surface area contributed by atoms with Crippen molar-refractivity contribution in [3.8, 4) is 5.75 Å². The van der Waals surface area contributed by atoms with E-state index in [-0.39, 0.29) is 37.6 Å². The summed E-state index contributed by atoms with van der Waals surface area (Å²) in [5.41, 5.74) is 5.89. The Morgan fingerprint density at radius 2 is 1.84 bits per heavy atom. The monoisotopic (exact) mass is 521 g/mol. The number of ether oxygens (including phenoxy) is 2. The Bertz CT molecular complexity index is 1090. The number of hydrogen-bond acceptors (Lipinski definition) is 6.